The fraction of sp³-hybridized carbons (Fsp3) is 0.400. The van der Waals surface area contributed by atoms with Crippen molar-refractivity contribution in [2.45, 2.75) is 6.92 Å². The minimum Gasteiger partial charge on any atom is -0.459 e. The molecule has 2 aromatic heterocycles. The molecule has 3 rings (SSSR count). The molecule has 1 fully saturated rings. The van der Waals surface area contributed by atoms with Gasteiger partial charge < -0.3 is 14.2 Å². The summed E-state index contributed by atoms with van der Waals surface area (Å²) in [6.07, 6.45) is 1.48. The van der Waals surface area contributed by atoms with Crippen molar-refractivity contribution in [2.75, 3.05) is 31.5 Å². The lowest BCUT2D eigenvalue weighted by molar-refractivity contribution is 0.0640. The highest BCUT2D eigenvalue weighted by atomic mass is 16.3. The van der Waals surface area contributed by atoms with Crippen molar-refractivity contribution >= 4 is 17.8 Å². The number of urea groups is 1. The van der Waals surface area contributed by atoms with E-state index >= 15 is 0 Å². The predicted octanol–water partition coefficient (Wildman–Crippen LogP) is 1.31. The maximum atomic E-state index is 12.3. The molecule has 0 bridgehead atoms. The van der Waals surface area contributed by atoms with E-state index in [-0.39, 0.29) is 11.9 Å². The van der Waals surface area contributed by atoms with E-state index in [0.29, 0.717) is 37.8 Å². The minimum atomic E-state index is -0.182. The van der Waals surface area contributed by atoms with Gasteiger partial charge in [0.15, 0.2) is 5.76 Å². The quantitative estimate of drug-likeness (QED) is 0.905. The second-order valence-corrected chi connectivity index (χ2v) is 5.48. The van der Waals surface area contributed by atoms with Gasteiger partial charge >= 0.3 is 6.03 Å². The van der Waals surface area contributed by atoms with Gasteiger partial charge in [0.05, 0.1) is 12.0 Å². The van der Waals surface area contributed by atoms with Crippen molar-refractivity contribution in [2.24, 2.45) is 7.05 Å². The third-order valence-corrected chi connectivity index (χ3v) is 3.82. The van der Waals surface area contributed by atoms with Crippen LogP contribution in [0.5, 0.6) is 0 Å². The molecule has 0 atom stereocenters. The molecule has 0 unspecified atom stereocenters. The SMILES string of the molecule is Cc1cc(NC(=O)N2CCN(C(=O)c3ccco3)CC2)n(C)n1. The molecule has 0 aliphatic carbocycles. The van der Waals surface area contributed by atoms with Crippen LogP contribution in [-0.2, 0) is 7.05 Å². The maximum Gasteiger partial charge on any atom is 0.323 e. The van der Waals surface area contributed by atoms with E-state index in [4.69, 9.17) is 4.42 Å². The minimum absolute atomic E-state index is 0.141. The molecule has 3 amide bonds. The van der Waals surface area contributed by atoms with Gasteiger partial charge in [-0.3, -0.25) is 14.8 Å². The zero-order valence-corrected chi connectivity index (χ0v) is 13.2. The Morgan fingerprint density at radius 3 is 2.48 bits per heavy atom. The molecule has 3 heterocycles. The third-order valence-electron chi connectivity index (χ3n) is 3.82. The number of hydrogen-bond acceptors (Lipinski definition) is 4. The summed E-state index contributed by atoms with van der Waals surface area (Å²) in [5.41, 5.74) is 0.844. The molecule has 0 saturated carbocycles. The van der Waals surface area contributed by atoms with Gasteiger partial charge in [0.2, 0.25) is 0 Å². The first-order chi connectivity index (χ1) is 11.0. The van der Waals surface area contributed by atoms with Gasteiger partial charge in [0.25, 0.3) is 5.91 Å². The lowest BCUT2D eigenvalue weighted by atomic mass is 10.3. The number of carbonyl (C=O) groups excluding carboxylic acids is 2. The first kappa shape index (κ1) is 15.1. The highest BCUT2D eigenvalue weighted by molar-refractivity contribution is 5.92. The number of nitrogens with one attached hydrogen (secondary N) is 1. The van der Waals surface area contributed by atoms with Gasteiger partial charge in [-0.25, -0.2) is 4.79 Å². The summed E-state index contributed by atoms with van der Waals surface area (Å²) in [7, 11) is 1.78. The van der Waals surface area contributed by atoms with Crippen molar-refractivity contribution in [3.05, 3.63) is 35.9 Å². The molecule has 1 aliphatic heterocycles. The molecule has 1 saturated heterocycles. The summed E-state index contributed by atoms with van der Waals surface area (Å²) in [4.78, 5) is 27.8. The van der Waals surface area contributed by atoms with Crippen LogP contribution in [0.4, 0.5) is 10.6 Å². The smallest absolute Gasteiger partial charge is 0.323 e. The zero-order chi connectivity index (χ0) is 16.4. The summed E-state index contributed by atoms with van der Waals surface area (Å²) in [6.45, 7) is 3.80. The first-order valence-electron chi connectivity index (χ1n) is 7.44. The zero-order valence-electron chi connectivity index (χ0n) is 13.2. The number of anilines is 1. The summed E-state index contributed by atoms with van der Waals surface area (Å²) in [5.74, 6) is 0.840. The number of hydrogen-bond donors (Lipinski definition) is 1. The lowest BCUT2D eigenvalue weighted by Crippen LogP contribution is -2.51. The Morgan fingerprint density at radius 2 is 1.91 bits per heavy atom. The fourth-order valence-corrected chi connectivity index (χ4v) is 2.58. The number of aromatic nitrogens is 2. The highest BCUT2D eigenvalue weighted by Gasteiger charge is 2.26. The van der Waals surface area contributed by atoms with Gasteiger partial charge in [-0.15, -0.1) is 0 Å². The maximum absolute atomic E-state index is 12.3. The standard InChI is InChI=1S/C15H19N5O3/c1-11-10-13(18(2)17-11)16-15(22)20-7-5-19(6-8-20)14(21)12-4-3-9-23-12/h3-4,9-10H,5-8H2,1-2H3,(H,16,22). The van der Waals surface area contributed by atoms with E-state index in [1.165, 1.54) is 6.26 Å². The first-order valence-corrected chi connectivity index (χ1v) is 7.44. The predicted molar refractivity (Wildman–Crippen MR) is 83.1 cm³/mol. The Kier molecular flexibility index (Phi) is 4.05. The Bertz CT molecular complexity index is 699. The van der Waals surface area contributed by atoms with Gasteiger partial charge in [-0.2, -0.15) is 5.10 Å². The average Bonchev–Trinajstić information content (AvgIpc) is 3.17. The van der Waals surface area contributed by atoms with Gasteiger partial charge in [-0.1, -0.05) is 0 Å². The van der Waals surface area contributed by atoms with Crippen molar-refractivity contribution in [1.29, 1.82) is 0 Å². The number of piperazine rings is 1. The van der Waals surface area contributed by atoms with E-state index in [2.05, 4.69) is 10.4 Å². The molecule has 1 N–H and O–H groups in total. The van der Waals surface area contributed by atoms with Crippen LogP contribution in [0.25, 0.3) is 0 Å². The van der Waals surface area contributed by atoms with Crippen molar-refractivity contribution in [1.82, 2.24) is 19.6 Å². The molecular formula is C15H19N5O3. The van der Waals surface area contributed by atoms with Crippen LogP contribution in [0.1, 0.15) is 16.2 Å². The highest BCUT2D eigenvalue weighted by Crippen LogP contribution is 2.12. The Hall–Kier alpha value is -2.77. The normalized spacial score (nSPS) is 14.9. The van der Waals surface area contributed by atoms with Gasteiger partial charge in [0.1, 0.15) is 5.82 Å². The van der Waals surface area contributed by atoms with Crippen LogP contribution in [0.15, 0.2) is 28.9 Å². The molecular weight excluding hydrogens is 298 g/mol. The number of carbonyl (C=O) groups is 2. The lowest BCUT2D eigenvalue weighted by Gasteiger charge is -2.34. The van der Waals surface area contributed by atoms with Crippen LogP contribution in [0.3, 0.4) is 0 Å². The molecule has 122 valence electrons. The number of nitrogens with zero attached hydrogens (tertiary/aromatic N) is 4. The van der Waals surface area contributed by atoms with Crippen molar-refractivity contribution in [3.63, 3.8) is 0 Å². The van der Waals surface area contributed by atoms with Crippen molar-refractivity contribution in [3.8, 4) is 0 Å². The number of aryl methyl sites for hydroxylation is 2. The van der Waals surface area contributed by atoms with Crippen LogP contribution in [-0.4, -0.2) is 57.7 Å². The molecule has 8 nitrogen and oxygen atoms in total. The van der Waals surface area contributed by atoms with E-state index in [1.807, 2.05) is 13.0 Å². The number of rotatable bonds is 2. The molecule has 0 aromatic carbocycles. The largest absolute Gasteiger partial charge is 0.459 e. The van der Waals surface area contributed by atoms with Crippen LogP contribution in [0, 0.1) is 6.92 Å². The molecule has 8 heteroatoms. The van der Waals surface area contributed by atoms with Gasteiger partial charge in [-0.05, 0) is 19.1 Å². The van der Waals surface area contributed by atoms with Crippen LogP contribution >= 0.6 is 0 Å². The van der Waals surface area contributed by atoms with Gasteiger partial charge in [0, 0.05) is 39.3 Å². The third kappa shape index (κ3) is 3.20. The average molecular weight is 317 g/mol. The topological polar surface area (TPSA) is 83.6 Å². The Balaban J connectivity index is 1.55. The monoisotopic (exact) mass is 317 g/mol. The van der Waals surface area contributed by atoms with Crippen molar-refractivity contribution < 1.29 is 14.0 Å². The molecule has 0 radical (unpaired) electrons. The van der Waals surface area contributed by atoms with Crippen LogP contribution in [0.2, 0.25) is 0 Å². The molecule has 1 aliphatic rings. The summed E-state index contributed by atoms with van der Waals surface area (Å²) in [5, 5.41) is 7.03. The summed E-state index contributed by atoms with van der Waals surface area (Å²) < 4.78 is 6.75. The van der Waals surface area contributed by atoms with E-state index in [0.717, 1.165) is 5.69 Å². The number of furan rings is 1. The second kappa shape index (κ2) is 6.15. The van der Waals surface area contributed by atoms with Crippen LogP contribution < -0.4 is 5.32 Å². The summed E-state index contributed by atoms with van der Waals surface area (Å²) in [6, 6.07) is 4.96. The molecule has 2 aromatic rings. The summed E-state index contributed by atoms with van der Waals surface area (Å²) >= 11 is 0. The fourth-order valence-electron chi connectivity index (χ4n) is 2.58. The molecule has 23 heavy (non-hydrogen) atoms. The van der Waals surface area contributed by atoms with E-state index < -0.39 is 0 Å². The van der Waals surface area contributed by atoms with E-state index in [9.17, 15) is 9.59 Å². The van der Waals surface area contributed by atoms with E-state index in [1.54, 1.807) is 33.7 Å². The molecule has 0 spiro atoms. The Labute approximate surface area is 133 Å². The second-order valence-electron chi connectivity index (χ2n) is 5.48. The Morgan fingerprint density at radius 1 is 1.22 bits per heavy atom. The number of amides is 3.